The topological polar surface area (TPSA) is 178 Å². The highest BCUT2D eigenvalue weighted by molar-refractivity contribution is 7.81. The summed E-state index contributed by atoms with van der Waals surface area (Å²) in [7, 11) is 0. The molecule has 5 heterocycles. The zero-order chi connectivity index (χ0) is 53.4. The standard InChI is InChI=1S/C53H56F4N10O5S2/c1-31-45(74-30-61-31)35-13-7-32(8-14-35)25-60-47(70)41-23-38(68)28-65(41)48(71)46(51(2,3)4)62-42(69)29-64-21-19-63(20-22-64)27-33-9-11-34(12-10-33)39-17-16-37(26-59-39)67-50(73)66(49(72)52(67,5)6)40-18-15-36(24-58)43(44(40)54)53(55,56)57/h7-18,26,30,38,41,46,68H,19-23,25,27-29H2,1-6H3,(H,60,70)(H,62,69)/t38-,41+,46-/m1/s1. The largest absolute Gasteiger partial charge is 0.420 e. The first-order chi connectivity index (χ1) is 35.0. The van der Waals surface area contributed by atoms with Crippen LogP contribution < -0.4 is 20.4 Å². The Balaban J connectivity index is 0.823. The van der Waals surface area contributed by atoms with Crippen LogP contribution in [0.3, 0.4) is 0 Å². The number of anilines is 2. The molecule has 0 spiro atoms. The van der Waals surface area contributed by atoms with Crippen molar-refractivity contribution >= 4 is 63.7 Å². The highest BCUT2D eigenvalue weighted by atomic mass is 32.1. The summed E-state index contributed by atoms with van der Waals surface area (Å²) >= 11 is 7.13. The Morgan fingerprint density at radius 2 is 1.58 bits per heavy atom. The molecule has 388 valence electrons. The van der Waals surface area contributed by atoms with Crippen LogP contribution in [0.5, 0.6) is 0 Å². The maximum atomic E-state index is 15.5. The molecule has 0 saturated carbocycles. The molecule has 3 aromatic carbocycles. The minimum atomic E-state index is -5.20. The number of thiazole rings is 1. The van der Waals surface area contributed by atoms with Crippen molar-refractivity contribution in [2.24, 2.45) is 5.41 Å². The van der Waals surface area contributed by atoms with E-state index in [2.05, 4.69) is 25.5 Å². The number of amides is 4. The number of nitriles is 1. The number of benzene rings is 3. The number of hydrogen-bond donors (Lipinski definition) is 3. The van der Waals surface area contributed by atoms with E-state index in [0.29, 0.717) is 49.0 Å². The van der Waals surface area contributed by atoms with Gasteiger partial charge in [-0.25, -0.2) is 9.37 Å². The van der Waals surface area contributed by atoms with E-state index in [1.54, 1.807) is 29.0 Å². The normalized spacial score (nSPS) is 18.9. The Kier molecular flexibility index (Phi) is 15.4. The average molecular weight is 1050 g/mol. The molecule has 8 rings (SSSR count). The van der Waals surface area contributed by atoms with Crippen LogP contribution in [-0.4, -0.2) is 122 Å². The second-order valence-electron chi connectivity index (χ2n) is 20.3. The number of alkyl halides is 3. The lowest BCUT2D eigenvalue weighted by molar-refractivity contribution is -0.144. The van der Waals surface area contributed by atoms with Crippen molar-refractivity contribution in [3.63, 3.8) is 0 Å². The molecule has 3 N–H and O–H groups in total. The number of halogens is 4. The summed E-state index contributed by atoms with van der Waals surface area (Å²) < 4.78 is 57.0. The summed E-state index contributed by atoms with van der Waals surface area (Å²) in [5.74, 6) is -3.65. The molecule has 21 heteroatoms. The van der Waals surface area contributed by atoms with E-state index in [4.69, 9.17) is 12.2 Å². The van der Waals surface area contributed by atoms with E-state index in [-0.39, 0.29) is 43.0 Å². The number of β-amino-alcohol motifs (C(OH)–C–C–N with tert-alkyl or cyclic N) is 1. The highest BCUT2D eigenvalue weighted by Crippen LogP contribution is 2.42. The second-order valence-corrected chi connectivity index (χ2v) is 21.6. The molecule has 2 aromatic heterocycles. The first kappa shape index (κ1) is 53.6. The molecule has 0 aliphatic carbocycles. The number of piperazine rings is 1. The van der Waals surface area contributed by atoms with Crippen molar-refractivity contribution < 1.29 is 41.8 Å². The van der Waals surface area contributed by atoms with E-state index in [1.807, 2.05) is 81.1 Å². The number of aryl methyl sites for hydroxylation is 1. The summed E-state index contributed by atoms with van der Waals surface area (Å²) in [6, 6.07) is 20.3. The molecule has 3 fully saturated rings. The van der Waals surface area contributed by atoms with E-state index < -0.39 is 69.8 Å². The third-order valence-electron chi connectivity index (χ3n) is 13.6. The minimum Gasteiger partial charge on any atom is -0.391 e. The molecule has 3 aliphatic heterocycles. The lowest BCUT2D eigenvalue weighted by atomic mass is 9.85. The van der Waals surface area contributed by atoms with Crippen molar-refractivity contribution in [1.29, 1.82) is 5.26 Å². The van der Waals surface area contributed by atoms with Crippen molar-refractivity contribution in [3.8, 4) is 27.8 Å². The molecule has 3 saturated heterocycles. The first-order valence-electron chi connectivity index (χ1n) is 24.0. The predicted octanol–water partition coefficient (Wildman–Crippen LogP) is 7.05. The van der Waals surface area contributed by atoms with Crippen LogP contribution in [0, 0.1) is 29.5 Å². The first-order valence-corrected chi connectivity index (χ1v) is 25.3. The second kappa shape index (κ2) is 21.3. The van der Waals surface area contributed by atoms with Gasteiger partial charge in [-0.05, 0) is 79.4 Å². The van der Waals surface area contributed by atoms with E-state index in [9.17, 15) is 42.7 Å². The van der Waals surface area contributed by atoms with Gasteiger partial charge in [-0.2, -0.15) is 18.4 Å². The van der Waals surface area contributed by atoms with E-state index >= 15 is 4.39 Å². The van der Waals surface area contributed by atoms with Crippen molar-refractivity contribution in [2.45, 2.75) is 91.0 Å². The van der Waals surface area contributed by atoms with Gasteiger partial charge in [-0.3, -0.25) is 38.9 Å². The maximum Gasteiger partial charge on any atom is 0.420 e. The van der Waals surface area contributed by atoms with Crippen molar-refractivity contribution in [2.75, 3.05) is 49.1 Å². The van der Waals surface area contributed by atoms with Gasteiger partial charge in [0.05, 0.1) is 63.6 Å². The molecular formula is C53H56F4N10O5S2. The molecule has 74 heavy (non-hydrogen) atoms. The molecule has 0 unspecified atom stereocenters. The molecule has 0 radical (unpaired) electrons. The van der Waals surface area contributed by atoms with Gasteiger partial charge in [-0.15, -0.1) is 11.3 Å². The molecule has 15 nitrogen and oxygen atoms in total. The van der Waals surface area contributed by atoms with Crippen LogP contribution in [0.15, 0.2) is 84.5 Å². The highest BCUT2D eigenvalue weighted by Gasteiger charge is 2.52. The average Bonchev–Trinajstić information content (AvgIpc) is 4.02. The van der Waals surface area contributed by atoms with Gasteiger partial charge in [0.1, 0.15) is 23.2 Å². The van der Waals surface area contributed by atoms with Crippen LogP contribution in [-0.2, 0) is 38.4 Å². The van der Waals surface area contributed by atoms with Gasteiger partial charge in [-0.1, -0.05) is 69.3 Å². The number of aliphatic hydroxyl groups excluding tert-OH is 1. The van der Waals surface area contributed by atoms with Crippen molar-refractivity contribution in [3.05, 3.63) is 118 Å². The Morgan fingerprint density at radius 1 is 0.932 bits per heavy atom. The van der Waals surface area contributed by atoms with Crippen LogP contribution in [0.2, 0.25) is 0 Å². The summed E-state index contributed by atoms with van der Waals surface area (Å²) in [5.41, 5.74) is 1.93. The van der Waals surface area contributed by atoms with E-state index in [1.165, 1.54) is 35.9 Å². The number of rotatable bonds is 13. The summed E-state index contributed by atoms with van der Waals surface area (Å²) in [6.07, 6.45) is -4.51. The minimum absolute atomic E-state index is 0.0225. The molecular weight excluding hydrogens is 997 g/mol. The Morgan fingerprint density at radius 3 is 2.18 bits per heavy atom. The molecule has 5 aromatic rings. The summed E-state index contributed by atoms with van der Waals surface area (Å²) in [6.45, 7) is 14.1. The number of hydrogen-bond acceptors (Lipinski definition) is 12. The SMILES string of the molecule is Cc1ncsc1-c1ccc(CNC(=O)[C@@H]2C[C@@H](O)CN2C(=O)[C@@H](NC(=O)CN2CCN(Cc3ccc(-c4ccc(N5C(=S)N(c6ccc(C#N)c(C(F)(F)F)c6F)C(=O)C5(C)C)cn4)cc3)CC2)C(C)(C)C)cc1. The molecule has 4 amide bonds. The fourth-order valence-electron chi connectivity index (χ4n) is 9.57. The number of aliphatic hydroxyl groups is 1. The summed E-state index contributed by atoms with van der Waals surface area (Å²) in [5, 5.41) is 25.5. The third kappa shape index (κ3) is 11.2. The number of nitrogens with one attached hydrogen (secondary N) is 2. The fraction of sp³-hybridized carbons (Fsp3) is 0.396. The number of carbonyl (C=O) groups excluding carboxylic acids is 4. The lowest BCUT2D eigenvalue weighted by Gasteiger charge is -2.37. The third-order valence-corrected chi connectivity index (χ3v) is 15.0. The predicted molar refractivity (Wildman–Crippen MR) is 276 cm³/mol. The Bertz CT molecular complexity index is 2980. The number of likely N-dealkylation sites (tertiary alicyclic amines) is 1. The molecule has 0 bridgehead atoms. The van der Waals surface area contributed by atoms with Gasteiger partial charge in [0, 0.05) is 57.8 Å². The Labute approximate surface area is 435 Å². The van der Waals surface area contributed by atoms with Gasteiger partial charge in [0.25, 0.3) is 5.91 Å². The van der Waals surface area contributed by atoms with Gasteiger partial charge in [0.15, 0.2) is 10.9 Å². The zero-order valence-electron chi connectivity index (χ0n) is 41.7. The maximum absolute atomic E-state index is 15.5. The van der Waals surface area contributed by atoms with Gasteiger partial charge < -0.3 is 25.5 Å². The van der Waals surface area contributed by atoms with E-state index in [0.717, 1.165) is 45.0 Å². The number of thiocarbonyl (C=S) groups is 1. The number of nitrogens with zero attached hydrogens (tertiary/aromatic N) is 8. The monoisotopic (exact) mass is 1050 g/mol. The number of pyridine rings is 1. The Hall–Kier alpha value is -6.70. The van der Waals surface area contributed by atoms with Gasteiger partial charge >= 0.3 is 6.18 Å². The van der Waals surface area contributed by atoms with Gasteiger partial charge in [0.2, 0.25) is 17.7 Å². The number of aromatic nitrogens is 2. The van der Waals surface area contributed by atoms with Crippen LogP contribution in [0.25, 0.3) is 21.7 Å². The molecule has 3 aliphatic rings. The quantitative estimate of drug-likeness (QED) is 0.0810. The van der Waals surface area contributed by atoms with Crippen LogP contribution in [0.1, 0.15) is 69.0 Å². The van der Waals surface area contributed by atoms with Crippen LogP contribution in [0.4, 0.5) is 28.9 Å². The van der Waals surface area contributed by atoms with Crippen molar-refractivity contribution in [1.82, 2.24) is 35.3 Å². The molecule has 3 atom stereocenters. The smallest absolute Gasteiger partial charge is 0.391 e. The van der Waals surface area contributed by atoms with Crippen LogP contribution >= 0.6 is 23.6 Å². The zero-order valence-corrected chi connectivity index (χ0v) is 43.3. The fourth-order valence-corrected chi connectivity index (χ4v) is 10.9. The number of carbonyl (C=O) groups is 4. The summed E-state index contributed by atoms with van der Waals surface area (Å²) in [4.78, 5) is 72.8. The lowest BCUT2D eigenvalue weighted by Crippen LogP contribution is -2.59.